The van der Waals surface area contributed by atoms with E-state index in [1.54, 1.807) is 7.11 Å². The van der Waals surface area contributed by atoms with Crippen molar-refractivity contribution in [3.8, 4) is 5.75 Å². The van der Waals surface area contributed by atoms with Crippen LogP contribution in [-0.2, 0) is 4.74 Å². The summed E-state index contributed by atoms with van der Waals surface area (Å²) in [6.45, 7) is 7.05. The van der Waals surface area contributed by atoms with Gasteiger partial charge in [0.05, 0.1) is 13.2 Å². The minimum absolute atomic E-state index is 0.274. The van der Waals surface area contributed by atoms with Gasteiger partial charge in [-0.1, -0.05) is 19.9 Å². The Morgan fingerprint density at radius 1 is 1.41 bits per heavy atom. The third-order valence-electron chi connectivity index (χ3n) is 3.18. The second-order valence-corrected chi connectivity index (χ2v) is 4.69. The first-order chi connectivity index (χ1) is 8.13. The Balaban J connectivity index is 2.33. The maximum Gasteiger partial charge on any atom is 0.216 e. The van der Waals surface area contributed by atoms with Crippen LogP contribution in [0, 0.1) is 12.8 Å². The van der Waals surface area contributed by atoms with Crippen LogP contribution >= 0.6 is 0 Å². The van der Waals surface area contributed by atoms with Crippen molar-refractivity contribution in [3.05, 3.63) is 29.3 Å². The molecular weight excluding hydrogens is 214 g/mol. The highest BCUT2D eigenvalue weighted by Gasteiger charge is 2.24. The molecule has 0 radical (unpaired) electrons. The van der Waals surface area contributed by atoms with E-state index >= 15 is 0 Å². The fourth-order valence-corrected chi connectivity index (χ4v) is 1.95. The summed E-state index contributed by atoms with van der Waals surface area (Å²) < 4.78 is 11.0. The summed E-state index contributed by atoms with van der Waals surface area (Å²) in [6, 6.07) is 6.22. The van der Waals surface area contributed by atoms with E-state index in [4.69, 9.17) is 9.47 Å². The Morgan fingerprint density at radius 2 is 2.18 bits per heavy atom. The zero-order chi connectivity index (χ0) is 12.4. The lowest BCUT2D eigenvalue weighted by atomic mass is 10.1. The lowest BCUT2D eigenvalue weighted by Gasteiger charge is -2.09. The van der Waals surface area contributed by atoms with E-state index in [2.05, 4.69) is 18.8 Å². The molecule has 0 saturated heterocycles. The fraction of sp³-hybridized carbons (Fsp3) is 0.500. The molecule has 0 aliphatic carbocycles. The van der Waals surface area contributed by atoms with Crippen LogP contribution in [0.3, 0.4) is 0 Å². The summed E-state index contributed by atoms with van der Waals surface area (Å²) in [6.07, 6.45) is 0. The molecule has 17 heavy (non-hydrogen) atoms. The number of methoxy groups -OCH3 is 1. The van der Waals surface area contributed by atoms with Gasteiger partial charge in [0.15, 0.2) is 0 Å². The van der Waals surface area contributed by atoms with Gasteiger partial charge < -0.3 is 9.47 Å². The molecule has 0 aromatic heterocycles. The van der Waals surface area contributed by atoms with E-state index in [0.29, 0.717) is 12.5 Å². The molecule has 1 heterocycles. The van der Waals surface area contributed by atoms with E-state index in [-0.39, 0.29) is 6.04 Å². The lowest BCUT2D eigenvalue weighted by molar-refractivity contribution is 0.291. The minimum atomic E-state index is 0.274. The number of benzene rings is 1. The van der Waals surface area contributed by atoms with E-state index in [1.165, 1.54) is 0 Å². The van der Waals surface area contributed by atoms with Gasteiger partial charge in [0.25, 0.3) is 0 Å². The van der Waals surface area contributed by atoms with Gasteiger partial charge in [-0.2, -0.15) is 0 Å². The van der Waals surface area contributed by atoms with E-state index in [0.717, 1.165) is 22.8 Å². The molecule has 1 aromatic carbocycles. The molecule has 3 nitrogen and oxygen atoms in total. The van der Waals surface area contributed by atoms with E-state index < -0.39 is 0 Å². The Hall–Kier alpha value is -1.51. The van der Waals surface area contributed by atoms with Crippen LogP contribution in [-0.4, -0.2) is 25.7 Å². The molecule has 1 aromatic rings. The minimum Gasteiger partial charge on any atom is -0.496 e. The number of hydrogen-bond acceptors (Lipinski definition) is 3. The van der Waals surface area contributed by atoms with Crippen LogP contribution < -0.4 is 4.74 Å². The van der Waals surface area contributed by atoms with Gasteiger partial charge in [0.1, 0.15) is 12.4 Å². The Bertz CT molecular complexity index is 438. The summed E-state index contributed by atoms with van der Waals surface area (Å²) in [5.41, 5.74) is 2.12. The quantitative estimate of drug-likeness (QED) is 0.803. The van der Waals surface area contributed by atoms with Gasteiger partial charge in [-0.3, -0.25) is 0 Å². The summed E-state index contributed by atoms with van der Waals surface area (Å²) in [5, 5.41) is 0. The Labute approximate surface area is 102 Å². The van der Waals surface area contributed by atoms with Crippen molar-refractivity contribution in [2.75, 3.05) is 13.7 Å². The van der Waals surface area contributed by atoms with Crippen molar-refractivity contribution in [2.24, 2.45) is 10.9 Å². The third kappa shape index (κ3) is 2.28. The molecule has 0 bridgehead atoms. The van der Waals surface area contributed by atoms with E-state index in [1.807, 2.05) is 25.1 Å². The van der Waals surface area contributed by atoms with Gasteiger partial charge in [0, 0.05) is 11.1 Å². The predicted molar refractivity (Wildman–Crippen MR) is 68.8 cm³/mol. The van der Waals surface area contributed by atoms with E-state index in [9.17, 15) is 0 Å². The maximum atomic E-state index is 5.69. The predicted octanol–water partition coefficient (Wildman–Crippen LogP) is 2.81. The molecule has 0 N–H and O–H groups in total. The average molecular weight is 233 g/mol. The van der Waals surface area contributed by atoms with Gasteiger partial charge in [-0.15, -0.1) is 0 Å². The summed E-state index contributed by atoms with van der Waals surface area (Å²) in [5.74, 6) is 2.14. The summed E-state index contributed by atoms with van der Waals surface area (Å²) in [4.78, 5) is 4.63. The number of ether oxygens (including phenoxy) is 2. The molecule has 3 heteroatoms. The van der Waals surface area contributed by atoms with Crippen LogP contribution in [0.5, 0.6) is 5.75 Å². The first-order valence-electron chi connectivity index (χ1n) is 5.98. The highest BCUT2D eigenvalue weighted by Crippen LogP contribution is 2.25. The molecule has 0 spiro atoms. The fourth-order valence-electron chi connectivity index (χ4n) is 1.95. The Kier molecular flexibility index (Phi) is 3.36. The number of rotatable bonds is 3. The van der Waals surface area contributed by atoms with Crippen molar-refractivity contribution in [1.82, 2.24) is 0 Å². The molecule has 1 aliphatic rings. The highest BCUT2D eigenvalue weighted by atomic mass is 16.5. The summed E-state index contributed by atoms with van der Waals surface area (Å²) >= 11 is 0. The number of nitrogens with zero attached hydrogens (tertiary/aromatic N) is 1. The second kappa shape index (κ2) is 4.78. The van der Waals surface area contributed by atoms with Crippen LogP contribution in [0.1, 0.15) is 25.0 Å². The van der Waals surface area contributed by atoms with Gasteiger partial charge in [-0.05, 0) is 25.0 Å². The molecule has 0 fully saturated rings. The van der Waals surface area contributed by atoms with Crippen molar-refractivity contribution in [1.29, 1.82) is 0 Å². The van der Waals surface area contributed by atoms with Crippen LogP contribution in [0.15, 0.2) is 23.2 Å². The monoisotopic (exact) mass is 233 g/mol. The number of hydrogen-bond donors (Lipinski definition) is 0. The topological polar surface area (TPSA) is 30.8 Å². The molecule has 1 atom stereocenters. The molecule has 0 unspecified atom stereocenters. The average Bonchev–Trinajstić information content (AvgIpc) is 2.78. The van der Waals surface area contributed by atoms with Crippen molar-refractivity contribution >= 4 is 5.90 Å². The van der Waals surface area contributed by atoms with Crippen molar-refractivity contribution < 1.29 is 9.47 Å². The highest BCUT2D eigenvalue weighted by molar-refractivity contribution is 5.97. The summed E-state index contributed by atoms with van der Waals surface area (Å²) in [7, 11) is 1.68. The Morgan fingerprint density at radius 3 is 2.76 bits per heavy atom. The lowest BCUT2D eigenvalue weighted by Crippen LogP contribution is -2.13. The van der Waals surface area contributed by atoms with Gasteiger partial charge in [0.2, 0.25) is 5.90 Å². The van der Waals surface area contributed by atoms with Gasteiger partial charge in [-0.25, -0.2) is 4.99 Å². The first kappa shape index (κ1) is 12.0. The van der Waals surface area contributed by atoms with Crippen molar-refractivity contribution in [3.63, 3.8) is 0 Å². The van der Waals surface area contributed by atoms with Gasteiger partial charge >= 0.3 is 0 Å². The molecular formula is C14H19NO2. The molecule has 0 amide bonds. The zero-order valence-electron chi connectivity index (χ0n) is 10.9. The van der Waals surface area contributed by atoms with Crippen LogP contribution in [0.4, 0.5) is 0 Å². The SMILES string of the molecule is COc1cccc(C2=N[C@H](C(C)C)CO2)c1C. The molecule has 0 saturated carbocycles. The third-order valence-corrected chi connectivity index (χ3v) is 3.18. The normalized spacial score (nSPS) is 19.1. The molecule has 2 rings (SSSR count). The maximum absolute atomic E-state index is 5.69. The standard InChI is InChI=1S/C14H19NO2/c1-9(2)12-8-17-14(15-12)11-6-5-7-13(16-4)10(11)3/h5-7,9,12H,8H2,1-4H3/t12-/m0/s1. The van der Waals surface area contributed by atoms with Crippen LogP contribution in [0.25, 0.3) is 0 Å². The van der Waals surface area contributed by atoms with Crippen LogP contribution in [0.2, 0.25) is 0 Å². The second-order valence-electron chi connectivity index (χ2n) is 4.69. The first-order valence-corrected chi connectivity index (χ1v) is 5.98. The zero-order valence-corrected chi connectivity index (χ0v) is 10.9. The molecule has 1 aliphatic heterocycles. The number of aliphatic imine (C=N–C) groups is 1. The molecule has 92 valence electrons. The largest absolute Gasteiger partial charge is 0.496 e. The smallest absolute Gasteiger partial charge is 0.216 e. The van der Waals surface area contributed by atoms with Crippen molar-refractivity contribution in [2.45, 2.75) is 26.8 Å².